The summed E-state index contributed by atoms with van der Waals surface area (Å²) >= 11 is 0. The van der Waals surface area contributed by atoms with Crippen molar-refractivity contribution in [2.45, 2.75) is 45.4 Å². The molecule has 8 nitrogen and oxygen atoms in total. The largest absolute Gasteiger partial charge is 0.358 e. The third kappa shape index (κ3) is 5.84. The van der Waals surface area contributed by atoms with Gasteiger partial charge in [0, 0.05) is 35.7 Å². The number of anilines is 1. The monoisotopic (exact) mass is 536 g/mol. The van der Waals surface area contributed by atoms with E-state index in [2.05, 4.69) is 34.4 Å². The Morgan fingerprint density at radius 1 is 1.18 bits per heavy atom. The van der Waals surface area contributed by atoms with Crippen molar-refractivity contribution in [3.05, 3.63) is 70.1 Å². The van der Waals surface area contributed by atoms with E-state index in [9.17, 15) is 18.0 Å². The summed E-state index contributed by atoms with van der Waals surface area (Å²) in [5.74, 6) is -0.519. The fourth-order valence-corrected chi connectivity index (χ4v) is 6.43. The minimum atomic E-state index is -3.57. The second kappa shape index (κ2) is 11.5. The van der Waals surface area contributed by atoms with Gasteiger partial charge in [0.2, 0.25) is 0 Å². The third-order valence-electron chi connectivity index (χ3n) is 7.21. The molecule has 4 rings (SSSR count). The zero-order valence-electron chi connectivity index (χ0n) is 22.5. The van der Waals surface area contributed by atoms with Crippen LogP contribution in [0.15, 0.2) is 46.9 Å². The van der Waals surface area contributed by atoms with Crippen LogP contribution in [0.5, 0.6) is 0 Å². The molecule has 0 bridgehead atoms. The highest BCUT2D eigenvalue weighted by atomic mass is 32.2. The molecule has 0 saturated heterocycles. The number of hydrogen-bond acceptors (Lipinski definition) is 5. The Morgan fingerprint density at radius 3 is 2.63 bits per heavy atom. The summed E-state index contributed by atoms with van der Waals surface area (Å²) in [4.78, 5) is 31.5. The second-order valence-corrected chi connectivity index (χ2v) is 11.7. The molecule has 0 saturated carbocycles. The van der Waals surface area contributed by atoms with Crippen LogP contribution < -0.4 is 10.6 Å². The first-order valence-electron chi connectivity index (χ1n) is 13.1. The van der Waals surface area contributed by atoms with Crippen LogP contribution in [0, 0.1) is 13.8 Å². The van der Waals surface area contributed by atoms with E-state index in [4.69, 9.17) is 0 Å². The molecule has 2 aromatic rings. The zero-order chi connectivity index (χ0) is 27.4. The smallest absolute Gasteiger partial charge is 0.256 e. The van der Waals surface area contributed by atoms with E-state index in [0.717, 1.165) is 43.6 Å². The van der Waals surface area contributed by atoms with Crippen molar-refractivity contribution in [2.75, 3.05) is 37.2 Å². The number of carbonyl (C=O) groups excluding carboxylic acids is 2. The van der Waals surface area contributed by atoms with E-state index in [1.165, 1.54) is 0 Å². The summed E-state index contributed by atoms with van der Waals surface area (Å²) in [6.45, 7) is 11.0. The minimum absolute atomic E-state index is 0.0434. The Hall–Kier alpha value is -3.43. The predicted octanol–water partition coefficient (Wildman–Crippen LogP) is 4.25. The summed E-state index contributed by atoms with van der Waals surface area (Å²) in [6, 6.07) is 4.75. The van der Waals surface area contributed by atoms with E-state index < -0.39 is 9.84 Å². The van der Waals surface area contributed by atoms with Gasteiger partial charge < -0.3 is 20.5 Å². The quantitative estimate of drug-likeness (QED) is 0.393. The van der Waals surface area contributed by atoms with E-state index in [1.807, 2.05) is 32.1 Å². The Morgan fingerprint density at radius 2 is 1.95 bits per heavy atom. The highest BCUT2D eigenvalue weighted by Gasteiger charge is 2.28. The molecular formula is C29H36N4O4S. The van der Waals surface area contributed by atoms with E-state index >= 15 is 0 Å². The van der Waals surface area contributed by atoms with Gasteiger partial charge in [-0.15, -0.1) is 0 Å². The maximum Gasteiger partial charge on any atom is 0.256 e. The molecule has 0 fully saturated rings. The van der Waals surface area contributed by atoms with Crippen LogP contribution in [0.3, 0.4) is 0 Å². The van der Waals surface area contributed by atoms with Gasteiger partial charge in [-0.25, -0.2) is 8.42 Å². The normalized spacial score (nSPS) is 16.1. The van der Waals surface area contributed by atoms with Crippen molar-refractivity contribution in [3.8, 4) is 0 Å². The lowest BCUT2D eigenvalue weighted by molar-refractivity contribution is -0.110. The van der Waals surface area contributed by atoms with Crippen LogP contribution in [0.4, 0.5) is 5.69 Å². The number of rotatable bonds is 10. The van der Waals surface area contributed by atoms with Crippen LogP contribution in [-0.4, -0.2) is 62.0 Å². The number of allylic oxidation sites excluding steroid dienone is 3. The molecule has 0 spiro atoms. The summed E-state index contributed by atoms with van der Waals surface area (Å²) in [5.41, 5.74) is 4.97. The summed E-state index contributed by atoms with van der Waals surface area (Å²) in [5, 5.41) is 5.81. The highest BCUT2D eigenvalue weighted by Crippen LogP contribution is 2.36. The molecule has 1 aliphatic carbocycles. The molecule has 38 heavy (non-hydrogen) atoms. The molecule has 2 heterocycles. The number of nitrogens with zero attached hydrogens (tertiary/aromatic N) is 1. The van der Waals surface area contributed by atoms with Crippen molar-refractivity contribution < 1.29 is 18.0 Å². The Balaban J connectivity index is 1.60. The number of nitrogens with one attached hydrogen (secondary N) is 3. The van der Waals surface area contributed by atoms with Crippen molar-refractivity contribution in [3.63, 3.8) is 0 Å². The predicted molar refractivity (Wildman–Crippen MR) is 152 cm³/mol. The Bertz CT molecular complexity index is 1440. The van der Waals surface area contributed by atoms with Gasteiger partial charge in [0.05, 0.1) is 21.8 Å². The number of aromatic amines is 1. The fourth-order valence-electron chi connectivity index (χ4n) is 4.96. The average Bonchev–Trinajstić information content (AvgIpc) is 3.36. The standard InChI is InChI=1S/C29H36N4O4S/c1-5-33(6-2)15-14-30-29(35)27-19(3)26(31-20(27)4)17-24-23-16-22(12-13-25(23)32-28(24)34)38(36,37)18-21-10-8-7-9-11-21/h7-8,10,12-13,16-17,31H,5-6,9,11,14-15,18H2,1-4H3,(H,30,35)(H,32,34). The first kappa shape index (κ1) is 27.6. The number of H-pyrrole nitrogens is 1. The maximum atomic E-state index is 13.1. The topological polar surface area (TPSA) is 111 Å². The van der Waals surface area contributed by atoms with E-state index in [1.54, 1.807) is 24.3 Å². The molecule has 2 aliphatic rings. The SMILES string of the molecule is CCN(CC)CCNC(=O)c1c(C)[nH]c(C=C2C(=O)Nc3ccc(S(=O)(=O)CC4=CC=CCC4)cc32)c1C. The van der Waals surface area contributed by atoms with Crippen LogP contribution >= 0.6 is 0 Å². The minimum Gasteiger partial charge on any atom is -0.358 e. The molecule has 0 unspecified atom stereocenters. The maximum absolute atomic E-state index is 13.1. The van der Waals surface area contributed by atoms with Crippen LogP contribution in [-0.2, 0) is 14.6 Å². The molecule has 3 N–H and O–H groups in total. The lowest BCUT2D eigenvalue weighted by Gasteiger charge is -2.18. The van der Waals surface area contributed by atoms with Gasteiger partial charge in [-0.1, -0.05) is 37.6 Å². The number of benzene rings is 1. The van der Waals surface area contributed by atoms with Crippen molar-refractivity contribution in [1.29, 1.82) is 0 Å². The molecule has 2 amide bonds. The number of sulfone groups is 1. The van der Waals surface area contributed by atoms with Gasteiger partial charge >= 0.3 is 0 Å². The van der Waals surface area contributed by atoms with Crippen molar-refractivity contribution in [1.82, 2.24) is 15.2 Å². The van der Waals surface area contributed by atoms with Gasteiger partial charge in [0.25, 0.3) is 11.8 Å². The summed E-state index contributed by atoms with van der Waals surface area (Å²) < 4.78 is 26.3. The van der Waals surface area contributed by atoms with Crippen molar-refractivity contribution in [2.24, 2.45) is 0 Å². The molecular weight excluding hydrogens is 500 g/mol. The third-order valence-corrected chi connectivity index (χ3v) is 8.93. The number of likely N-dealkylation sites (N-methyl/N-ethyl adjacent to an activating group) is 1. The summed E-state index contributed by atoms with van der Waals surface area (Å²) in [6.07, 6.45) is 9.02. The van der Waals surface area contributed by atoms with E-state index in [-0.39, 0.29) is 22.5 Å². The fraction of sp³-hybridized carbons (Fsp3) is 0.379. The molecule has 202 valence electrons. The lowest BCUT2D eigenvalue weighted by atomic mass is 10.0. The first-order chi connectivity index (χ1) is 18.1. The molecule has 9 heteroatoms. The number of carbonyl (C=O) groups is 2. The molecule has 0 radical (unpaired) electrons. The molecule has 1 aromatic carbocycles. The lowest BCUT2D eigenvalue weighted by Crippen LogP contribution is -2.35. The van der Waals surface area contributed by atoms with Gasteiger partial charge in [0.15, 0.2) is 9.84 Å². The number of hydrogen-bond donors (Lipinski definition) is 3. The second-order valence-electron chi connectivity index (χ2n) is 9.72. The Labute approximate surface area is 224 Å². The number of aromatic nitrogens is 1. The van der Waals surface area contributed by atoms with Gasteiger partial charge in [0.1, 0.15) is 0 Å². The summed E-state index contributed by atoms with van der Waals surface area (Å²) in [7, 11) is -3.57. The van der Waals surface area contributed by atoms with Gasteiger partial charge in [-0.05, 0) is 69.6 Å². The highest BCUT2D eigenvalue weighted by molar-refractivity contribution is 7.91. The van der Waals surface area contributed by atoms with Crippen LogP contribution in [0.1, 0.15) is 59.6 Å². The molecule has 1 aromatic heterocycles. The van der Waals surface area contributed by atoms with E-state index in [0.29, 0.717) is 40.3 Å². The average molecular weight is 537 g/mol. The van der Waals surface area contributed by atoms with Gasteiger partial charge in [-0.2, -0.15) is 0 Å². The number of fused-ring (bicyclic) bond motifs is 1. The van der Waals surface area contributed by atoms with Crippen LogP contribution in [0.25, 0.3) is 11.6 Å². The molecule has 1 aliphatic heterocycles. The Kier molecular flexibility index (Phi) is 8.38. The zero-order valence-corrected chi connectivity index (χ0v) is 23.3. The van der Waals surface area contributed by atoms with Crippen molar-refractivity contribution >= 4 is 39.0 Å². The number of amides is 2. The molecule has 0 atom stereocenters. The number of aryl methyl sites for hydroxylation is 1. The van der Waals surface area contributed by atoms with Gasteiger partial charge in [-0.3, -0.25) is 9.59 Å². The van der Waals surface area contributed by atoms with Crippen LogP contribution in [0.2, 0.25) is 0 Å². The first-order valence-corrected chi connectivity index (χ1v) is 14.7.